The molecule has 0 aliphatic carbocycles. The van der Waals surface area contributed by atoms with Gasteiger partial charge < -0.3 is 24.3 Å². The molecule has 1 atom stereocenters. The molecule has 9 nitrogen and oxygen atoms in total. The van der Waals surface area contributed by atoms with Crippen LogP contribution in [0.2, 0.25) is 0 Å². The van der Waals surface area contributed by atoms with Gasteiger partial charge in [0.2, 0.25) is 6.79 Å². The van der Waals surface area contributed by atoms with Gasteiger partial charge in [-0.25, -0.2) is 4.79 Å². The average Bonchev–Trinajstić information content (AvgIpc) is 3.50. The zero-order valence-corrected chi connectivity index (χ0v) is 20.6. The lowest BCUT2D eigenvalue weighted by Crippen LogP contribution is -2.48. The molecule has 1 aliphatic rings. The van der Waals surface area contributed by atoms with Gasteiger partial charge in [0.05, 0.1) is 12.2 Å². The van der Waals surface area contributed by atoms with Crippen LogP contribution in [0.1, 0.15) is 24.2 Å². The Morgan fingerprint density at radius 3 is 2.63 bits per heavy atom. The van der Waals surface area contributed by atoms with E-state index in [2.05, 4.69) is 16.2 Å². The Hall–Kier alpha value is -3.83. The van der Waals surface area contributed by atoms with Crippen molar-refractivity contribution < 1.29 is 28.5 Å². The second kappa shape index (κ2) is 11.1. The first-order chi connectivity index (χ1) is 16.9. The van der Waals surface area contributed by atoms with Crippen molar-refractivity contribution >= 4 is 45.5 Å². The molecule has 11 heteroatoms. The number of carbonyl (C=O) groups excluding carboxylic acids is 2. The molecule has 0 unspecified atom stereocenters. The van der Waals surface area contributed by atoms with Crippen molar-refractivity contribution in [1.82, 2.24) is 10.9 Å². The number of anilines is 1. The van der Waals surface area contributed by atoms with E-state index in [-0.39, 0.29) is 18.5 Å². The van der Waals surface area contributed by atoms with Crippen LogP contribution in [0.5, 0.6) is 17.2 Å². The first-order valence-electron chi connectivity index (χ1n) is 10.7. The quantitative estimate of drug-likeness (QED) is 0.244. The van der Waals surface area contributed by atoms with E-state index in [0.717, 1.165) is 10.4 Å². The maximum Gasteiger partial charge on any atom is 0.341 e. The van der Waals surface area contributed by atoms with Crippen molar-refractivity contribution in [2.24, 2.45) is 0 Å². The number of thiocarbonyl (C=S) groups is 1. The molecule has 2 aromatic carbocycles. The van der Waals surface area contributed by atoms with Crippen LogP contribution >= 0.6 is 23.6 Å². The number of hydrogen-bond acceptors (Lipinski definition) is 8. The fraction of sp³-hybridized carbons (Fsp3) is 0.208. The van der Waals surface area contributed by atoms with Crippen LogP contribution in [0.25, 0.3) is 10.4 Å². The molecule has 0 fully saturated rings. The number of esters is 1. The summed E-state index contributed by atoms with van der Waals surface area (Å²) >= 11 is 6.66. The maximum atomic E-state index is 12.5. The molecule has 0 spiro atoms. The molecule has 0 saturated carbocycles. The van der Waals surface area contributed by atoms with Crippen molar-refractivity contribution in [2.75, 3.05) is 18.7 Å². The molecule has 4 rings (SSSR count). The number of hydrazine groups is 1. The molecule has 3 aromatic rings. The standard InChI is InChI=1S/C24H23N3O6S2/c1-3-30-23(29)17-12-20(15-7-5-4-6-8-15)35-22(17)25-24(34)27-26-21(28)14(2)33-16-9-10-18-19(11-16)32-13-31-18/h4-12,14H,3,13H2,1-2H3,(H,26,28)(H2,25,27,34)/t14-/m1/s1. The Bertz CT molecular complexity index is 1230. The number of ether oxygens (including phenoxy) is 4. The highest BCUT2D eigenvalue weighted by molar-refractivity contribution is 7.80. The average molecular weight is 514 g/mol. The van der Waals surface area contributed by atoms with Crippen LogP contribution in [0.4, 0.5) is 5.00 Å². The molecule has 182 valence electrons. The second-order valence-electron chi connectivity index (χ2n) is 7.28. The van der Waals surface area contributed by atoms with Gasteiger partial charge in [-0.1, -0.05) is 30.3 Å². The molecule has 0 radical (unpaired) electrons. The zero-order chi connectivity index (χ0) is 24.8. The summed E-state index contributed by atoms with van der Waals surface area (Å²) in [5.41, 5.74) is 6.45. The third-order valence-electron chi connectivity index (χ3n) is 4.84. The highest BCUT2D eigenvalue weighted by Gasteiger charge is 2.21. The van der Waals surface area contributed by atoms with E-state index < -0.39 is 18.0 Å². The summed E-state index contributed by atoms with van der Waals surface area (Å²) in [6, 6.07) is 16.5. The second-order valence-corrected chi connectivity index (χ2v) is 8.74. The van der Waals surface area contributed by atoms with Crippen molar-refractivity contribution in [3.63, 3.8) is 0 Å². The van der Waals surface area contributed by atoms with Crippen LogP contribution in [0.3, 0.4) is 0 Å². The third kappa shape index (κ3) is 6.00. The largest absolute Gasteiger partial charge is 0.481 e. The lowest BCUT2D eigenvalue weighted by molar-refractivity contribution is -0.127. The molecular formula is C24H23N3O6S2. The summed E-state index contributed by atoms with van der Waals surface area (Å²) in [6.07, 6.45) is -0.827. The topological polar surface area (TPSA) is 107 Å². The van der Waals surface area contributed by atoms with Gasteiger partial charge in [0.15, 0.2) is 22.7 Å². The highest BCUT2D eigenvalue weighted by atomic mass is 32.1. The van der Waals surface area contributed by atoms with E-state index in [1.165, 1.54) is 11.3 Å². The van der Waals surface area contributed by atoms with Crippen molar-refractivity contribution in [3.8, 4) is 27.7 Å². The lowest BCUT2D eigenvalue weighted by Gasteiger charge is -2.16. The number of rotatable bonds is 7. The van der Waals surface area contributed by atoms with Crippen LogP contribution in [0, 0.1) is 0 Å². The van der Waals surface area contributed by atoms with E-state index >= 15 is 0 Å². The Morgan fingerprint density at radius 2 is 1.86 bits per heavy atom. The van der Waals surface area contributed by atoms with E-state index in [4.69, 9.17) is 31.2 Å². The normalized spacial score (nSPS) is 12.4. The summed E-state index contributed by atoms with van der Waals surface area (Å²) < 4.78 is 21.4. The summed E-state index contributed by atoms with van der Waals surface area (Å²) in [7, 11) is 0. The minimum Gasteiger partial charge on any atom is -0.481 e. The Balaban J connectivity index is 1.36. The predicted octanol–water partition coefficient (Wildman–Crippen LogP) is 4.11. The fourth-order valence-electron chi connectivity index (χ4n) is 3.15. The van der Waals surface area contributed by atoms with Crippen molar-refractivity contribution in [3.05, 3.63) is 60.2 Å². The number of carbonyl (C=O) groups is 2. The smallest absolute Gasteiger partial charge is 0.341 e. The molecule has 35 heavy (non-hydrogen) atoms. The summed E-state index contributed by atoms with van der Waals surface area (Å²) in [5, 5.41) is 3.56. The summed E-state index contributed by atoms with van der Waals surface area (Å²) in [5.74, 6) is 0.726. The minimum atomic E-state index is -0.827. The fourth-order valence-corrected chi connectivity index (χ4v) is 4.42. The van der Waals surface area contributed by atoms with Gasteiger partial charge in [-0.3, -0.25) is 15.6 Å². The van der Waals surface area contributed by atoms with E-state index in [1.807, 2.05) is 30.3 Å². The van der Waals surface area contributed by atoms with Gasteiger partial charge in [0, 0.05) is 10.9 Å². The first-order valence-corrected chi connectivity index (χ1v) is 12.0. The van der Waals surface area contributed by atoms with Crippen LogP contribution in [0.15, 0.2) is 54.6 Å². The van der Waals surface area contributed by atoms with Crippen LogP contribution in [-0.2, 0) is 9.53 Å². The van der Waals surface area contributed by atoms with Gasteiger partial charge in [0.25, 0.3) is 5.91 Å². The molecule has 3 N–H and O–H groups in total. The van der Waals surface area contributed by atoms with Crippen molar-refractivity contribution in [2.45, 2.75) is 20.0 Å². The SMILES string of the molecule is CCOC(=O)c1cc(-c2ccccc2)sc1NC(=S)NNC(=O)[C@@H](C)Oc1ccc2c(c1)OCO2. The predicted molar refractivity (Wildman–Crippen MR) is 136 cm³/mol. The Kier molecular flexibility index (Phi) is 7.68. The van der Waals surface area contributed by atoms with E-state index in [9.17, 15) is 9.59 Å². The van der Waals surface area contributed by atoms with E-state index in [1.54, 1.807) is 38.1 Å². The summed E-state index contributed by atoms with van der Waals surface area (Å²) in [6.45, 7) is 3.74. The number of fused-ring (bicyclic) bond motifs is 1. The molecule has 0 bridgehead atoms. The van der Waals surface area contributed by atoms with Crippen LogP contribution in [-0.4, -0.2) is 36.5 Å². The first kappa shape index (κ1) is 24.3. The minimum absolute atomic E-state index is 0.0978. The molecule has 1 aromatic heterocycles. The monoisotopic (exact) mass is 513 g/mol. The molecular weight excluding hydrogens is 490 g/mol. The number of amides is 1. The number of thiophene rings is 1. The molecule has 1 aliphatic heterocycles. The van der Waals surface area contributed by atoms with Gasteiger partial charge in [0.1, 0.15) is 10.8 Å². The molecule has 1 amide bonds. The zero-order valence-electron chi connectivity index (χ0n) is 19.0. The van der Waals surface area contributed by atoms with Crippen molar-refractivity contribution in [1.29, 1.82) is 0 Å². The van der Waals surface area contributed by atoms with Crippen LogP contribution < -0.4 is 30.4 Å². The lowest BCUT2D eigenvalue weighted by atomic mass is 10.1. The highest BCUT2D eigenvalue weighted by Crippen LogP contribution is 2.36. The van der Waals surface area contributed by atoms with E-state index in [0.29, 0.717) is 27.8 Å². The van der Waals surface area contributed by atoms with Gasteiger partial charge in [-0.15, -0.1) is 11.3 Å². The summed E-state index contributed by atoms with van der Waals surface area (Å²) in [4.78, 5) is 25.8. The number of nitrogens with one attached hydrogen (secondary N) is 3. The Labute approximate surface area is 211 Å². The van der Waals surface area contributed by atoms with Gasteiger partial charge in [-0.2, -0.15) is 0 Å². The molecule has 2 heterocycles. The maximum absolute atomic E-state index is 12.5. The molecule has 0 saturated heterocycles. The number of benzene rings is 2. The number of hydrogen-bond donors (Lipinski definition) is 3. The third-order valence-corrected chi connectivity index (χ3v) is 6.14. The Morgan fingerprint density at radius 1 is 1.09 bits per heavy atom. The van der Waals surface area contributed by atoms with Gasteiger partial charge >= 0.3 is 5.97 Å². The van der Waals surface area contributed by atoms with Gasteiger partial charge in [-0.05, 0) is 49.8 Å².